The van der Waals surface area contributed by atoms with Gasteiger partial charge in [0.1, 0.15) is 19.1 Å². The fourth-order valence-electron chi connectivity index (χ4n) is 2.79. The molecule has 9 nitrogen and oxygen atoms in total. The standard InChI is InChI=1S/C17H12F3N5O4/c18-17(19,20)11-3-1-10(2-4-11)13-5-15(22-9-21-13)29-12-6-24-7-14(25(26)27)23-16(24)28-8-12/h1-5,7,9,12H,6,8H2/t12-/m0/s1. The third kappa shape index (κ3) is 3.95. The lowest BCUT2D eigenvalue weighted by atomic mass is 10.1. The third-order valence-electron chi connectivity index (χ3n) is 4.15. The molecule has 2 aromatic heterocycles. The van der Waals surface area contributed by atoms with Crippen molar-refractivity contribution < 1.29 is 27.6 Å². The zero-order valence-electron chi connectivity index (χ0n) is 14.5. The Kier molecular flexibility index (Phi) is 4.53. The van der Waals surface area contributed by atoms with E-state index in [1.165, 1.54) is 35.3 Å². The van der Waals surface area contributed by atoms with Crippen molar-refractivity contribution in [3.05, 3.63) is 58.5 Å². The number of fused-ring (bicyclic) bond motifs is 1. The van der Waals surface area contributed by atoms with E-state index in [9.17, 15) is 23.3 Å². The van der Waals surface area contributed by atoms with Crippen LogP contribution in [0.5, 0.6) is 11.9 Å². The summed E-state index contributed by atoms with van der Waals surface area (Å²) in [5.41, 5.74) is 0.105. The van der Waals surface area contributed by atoms with Crippen molar-refractivity contribution >= 4 is 5.82 Å². The number of halogens is 3. The van der Waals surface area contributed by atoms with Crippen molar-refractivity contribution in [2.45, 2.75) is 18.8 Å². The van der Waals surface area contributed by atoms with Crippen LogP contribution in [0.25, 0.3) is 11.3 Å². The predicted octanol–water partition coefficient (Wildman–Crippen LogP) is 3.11. The number of alkyl halides is 3. The molecule has 29 heavy (non-hydrogen) atoms. The zero-order valence-corrected chi connectivity index (χ0v) is 14.5. The van der Waals surface area contributed by atoms with E-state index in [1.54, 1.807) is 0 Å². The van der Waals surface area contributed by atoms with Crippen LogP contribution in [0.15, 0.2) is 42.9 Å². The molecule has 4 rings (SSSR count). The van der Waals surface area contributed by atoms with E-state index in [0.717, 1.165) is 12.1 Å². The zero-order chi connectivity index (χ0) is 20.6. The summed E-state index contributed by atoms with van der Waals surface area (Å²) in [6, 6.07) is 6.20. The van der Waals surface area contributed by atoms with E-state index in [1.807, 2.05) is 0 Å². The molecule has 0 amide bonds. The molecule has 1 aliphatic heterocycles. The molecule has 3 aromatic rings. The van der Waals surface area contributed by atoms with Crippen molar-refractivity contribution in [1.29, 1.82) is 0 Å². The number of aromatic nitrogens is 4. The second-order valence-corrected chi connectivity index (χ2v) is 6.16. The Balaban J connectivity index is 1.49. The molecule has 0 saturated carbocycles. The lowest BCUT2D eigenvalue weighted by Gasteiger charge is -2.22. The summed E-state index contributed by atoms with van der Waals surface area (Å²) in [6.45, 7) is 0.365. The lowest BCUT2D eigenvalue weighted by Crippen LogP contribution is -2.34. The van der Waals surface area contributed by atoms with Crippen molar-refractivity contribution in [2.24, 2.45) is 0 Å². The Morgan fingerprint density at radius 1 is 1.24 bits per heavy atom. The molecule has 0 aliphatic carbocycles. The SMILES string of the molecule is O=[N+]([O-])c1cn2c(n1)OC[C@@H](Oc1cc(-c3ccc(C(F)(F)F)cc3)ncn1)C2. The van der Waals surface area contributed by atoms with Gasteiger partial charge in [-0.25, -0.2) is 9.97 Å². The summed E-state index contributed by atoms with van der Waals surface area (Å²) < 4.78 is 50.7. The van der Waals surface area contributed by atoms with E-state index < -0.39 is 22.8 Å². The van der Waals surface area contributed by atoms with Crippen LogP contribution in [-0.4, -0.2) is 37.2 Å². The summed E-state index contributed by atoms with van der Waals surface area (Å²) in [7, 11) is 0. The van der Waals surface area contributed by atoms with Gasteiger partial charge in [0.05, 0.1) is 17.8 Å². The van der Waals surface area contributed by atoms with Gasteiger partial charge in [0, 0.05) is 16.6 Å². The summed E-state index contributed by atoms with van der Waals surface area (Å²) >= 11 is 0. The minimum atomic E-state index is -4.42. The quantitative estimate of drug-likeness (QED) is 0.483. The first-order valence-electron chi connectivity index (χ1n) is 8.30. The Hall–Kier alpha value is -3.70. The predicted molar refractivity (Wildman–Crippen MR) is 91.3 cm³/mol. The fourth-order valence-corrected chi connectivity index (χ4v) is 2.79. The van der Waals surface area contributed by atoms with Gasteiger partial charge in [0.2, 0.25) is 5.88 Å². The monoisotopic (exact) mass is 407 g/mol. The summed E-state index contributed by atoms with van der Waals surface area (Å²) in [4.78, 5) is 22.0. The maximum Gasteiger partial charge on any atom is 0.416 e. The lowest BCUT2D eigenvalue weighted by molar-refractivity contribution is -0.389. The highest BCUT2D eigenvalue weighted by molar-refractivity contribution is 5.60. The van der Waals surface area contributed by atoms with Crippen molar-refractivity contribution in [2.75, 3.05) is 6.61 Å². The van der Waals surface area contributed by atoms with Crippen LogP contribution < -0.4 is 9.47 Å². The molecular weight excluding hydrogens is 395 g/mol. The number of rotatable bonds is 4. The molecule has 1 aliphatic rings. The van der Waals surface area contributed by atoms with Crippen LogP contribution >= 0.6 is 0 Å². The number of nitrogens with zero attached hydrogens (tertiary/aromatic N) is 5. The fraction of sp³-hybridized carbons (Fsp3) is 0.235. The Bertz CT molecular complexity index is 1050. The largest absolute Gasteiger partial charge is 0.469 e. The maximum atomic E-state index is 12.7. The van der Waals surface area contributed by atoms with Gasteiger partial charge >= 0.3 is 18.0 Å². The van der Waals surface area contributed by atoms with Crippen molar-refractivity contribution in [3.8, 4) is 23.1 Å². The van der Waals surface area contributed by atoms with E-state index in [2.05, 4.69) is 15.0 Å². The van der Waals surface area contributed by atoms with Gasteiger partial charge in [-0.2, -0.15) is 13.2 Å². The second-order valence-electron chi connectivity index (χ2n) is 6.16. The Morgan fingerprint density at radius 3 is 2.69 bits per heavy atom. The number of hydrogen-bond donors (Lipinski definition) is 0. The van der Waals surface area contributed by atoms with Gasteiger partial charge < -0.3 is 19.6 Å². The van der Waals surface area contributed by atoms with Gasteiger partial charge in [-0.15, -0.1) is 0 Å². The minimum Gasteiger partial charge on any atom is -0.469 e. The van der Waals surface area contributed by atoms with Gasteiger partial charge in [-0.1, -0.05) is 12.1 Å². The van der Waals surface area contributed by atoms with Crippen LogP contribution in [0, 0.1) is 10.1 Å². The molecule has 0 spiro atoms. The maximum absolute atomic E-state index is 12.7. The highest BCUT2D eigenvalue weighted by Crippen LogP contribution is 2.31. The minimum absolute atomic E-state index is 0.105. The molecule has 1 atom stereocenters. The van der Waals surface area contributed by atoms with Gasteiger partial charge in [-0.05, 0) is 17.1 Å². The molecule has 0 radical (unpaired) electrons. The van der Waals surface area contributed by atoms with Gasteiger partial charge in [0.15, 0.2) is 6.10 Å². The molecule has 0 fully saturated rings. The van der Waals surface area contributed by atoms with E-state index in [0.29, 0.717) is 11.3 Å². The smallest absolute Gasteiger partial charge is 0.416 e. The highest BCUT2D eigenvalue weighted by atomic mass is 19.4. The number of ether oxygens (including phenoxy) is 2. The second kappa shape index (κ2) is 7.04. The molecule has 0 saturated heterocycles. The summed E-state index contributed by atoms with van der Waals surface area (Å²) in [6.07, 6.45) is -2.43. The first-order valence-corrected chi connectivity index (χ1v) is 8.30. The topological polar surface area (TPSA) is 105 Å². The first-order chi connectivity index (χ1) is 13.8. The van der Waals surface area contributed by atoms with Gasteiger partial charge in [-0.3, -0.25) is 4.57 Å². The molecule has 0 unspecified atom stereocenters. The number of imidazole rings is 1. The molecule has 0 N–H and O–H groups in total. The van der Waals surface area contributed by atoms with Crippen LogP contribution in [0.3, 0.4) is 0 Å². The van der Waals surface area contributed by atoms with E-state index in [4.69, 9.17) is 9.47 Å². The number of nitro groups is 1. The number of hydrogen-bond acceptors (Lipinski definition) is 7. The van der Waals surface area contributed by atoms with Crippen molar-refractivity contribution in [1.82, 2.24) is 19.5 Å². The van der Waals surface area contributed by atoms with Crippen LogP contribution in [-0.2, 0) is 12.7 Å². The molecule has 150 valence electrons. The van der Waals surface area contributed by atoms with E-state index in [-0.39, 0.29) is 30.9 Å². The van der Waals surface area contributed by atoms with Crippen LogP contribution in [0.2, 0.25) is 0 Å². The van der Waals surface area contributed by atoms with E-state index >= 15 is 0 Å². The average Bonchev–Trinajstić information content (AvgIpc) is 3.11. The molecule has 0 bridgehead atoms. The molecule has 12 heteroatoms. The Morgan fingerprint density at radius 2 is 2.00 bits per heavy atom. The van der Waals surface area contributed by atoms with Gasteiger partial charge in [0.25, 0.3) is 0 Å². The normalized spacial score (nSPS) is 16.0. The third-order valence-corrected chi connectivity index (χ3v) is 4.15. The highest BCUT2D eigenvalue weighted by Gasteiger charge is 2.30. The first kappa shape index (κ1) is 18.7. The van der Waals surface area contributed by atoms with Crippen molar-refractivity contribution in [3.63, 3.8) is 0 Å². The molecule has 3 heterocycles. The average molecular weight is 407 g/mol. The Labute approximate surface area is 160 Å². The molecule has 1 aromatic carbocycles. The molecular formula is C17H12F3N5O4. The summed E-state index contributed by atoms with van der Waals surface area (Å²) in [5.74, 6) is -0.131. The van der Waals surface area contributed by atoms with Crippen LogP contribution in [0.1, 0.15) is 5.56 Å². The van der Waals surface area contributed by atoms with Crippen LogP contribution in [0.4, 0.5) is 19.0 Å². The number of benzene rings is 1. The summed E-state index contributed by atoms with van der Waals surface area (Å²) in [5, 5.41) is 10.8.